The fourth-order valence-electron chi connectivity index (χ4n) is 1.40. The van der Waals surface area contributed by atoms with Crippen molar-refractivity contribution in [3.8, 4) is 11.1 Å². The van der Waals surface area contributed by atoms with Crippen molar-refractivity contribution in [1.29, 1.82) is 0 Å². The topological polar surface area (TPSA) is 56.0 Å². The summed E-state index contributed by atoms with van der Waals surface area (Å²) in [6.07, 6.45) is 3.25. The maximum Gasteiger partial charge on any atom is 0.277 e. The summed E-state index contributed by atoms with van der Waals surface area (Å²) in [5.41, 5.74) is 1.45. The van der Waals surface area contributed by atoms with Gasteiger partial charge in [0.15, 0.2) is 0 Å². The highest BCUT2D eigenvalue weighted by atomic mass is 16.6. The first-order valence-corrected chi connectivity index (χ1v) is 4.43. The minimum Gasteiger partial charge on any atom is -0.264 e. The summed E-state index contributed by atoms with van der Waals surface area (Å²) in [5, 5.41) is 10.8. The molecule has 15 heavy (non-hydrogen) atoms. The molecule has 2 aromatic rings. The van der Waals surface area contributed by atoms with Crippen molar-refractivity contribution in [3.63, 3.8) is 0 Å². The summed E-state index contributed by atoms with van der Waals surface area (Å²) in [5.74, 6) is 0. The highest BCUT2D eigenvalue weighted by Gasteiger charge is 2.13. The van der Waals surface area contributed by atoms with Crippen molar-refractivity contribution in [2.75, 3.05) is 0 Å². The Balaban J connectivity index is 2.58. The molecule has 4 heteroatoms. The molecule has 0 saturated heterocycles. The zero-order chi connectivity index (χ0) is 10.7. The zero-order valence-corrected chi connectivity index (χ0v) is 7.83. The van der Waals surface area contributed by atoms with Gasteiger partial charge in [-0.1, -0.05) is 18.2 Å². The van der Waals surface area contributed by atoms with E-state index in [1.165, 1.54) is 6.07 Å². The molecule has 4 nitrogen and oxygen atoms in total. The normalized spacial score (nSPS) is 9.87. The van der Waals surface area contributed by atoms with E-state index in [0.717, 1.165) is 5.56 Å². The third-order valence-electron chi connectivity index (χ3n) is 2.07. The first-order valence-electron chi connectivity index (χ1n) is 4.43. The summed E-state index contributed by atoms with van der Waals surface area (Å²) in [6.45, 7) is 0. The molecule has 0 unspecified atom stereocenters. The Bertz CT molecular complexity index is 483. The fourth-order valence-corrected chi connectivity index (χ4v) is 1.40. The van der Waals surface area contributed by atoms with Gasteiger partial charge in [-0.25, -0.2) is 0 Å². The van der Waals surface area contributed by atoms with Crippen LogP contribution in [-0.4, -0.2) is 9.91 Å². The van der Waals surface area contributed by atoms with Crippen LogP contribution in [0.2, 0.25) is 0 Å². The van der Waals surface area contributed by atoms with Gasteiger partial charge in [0.2, 0.25) is 0 Å². The number of aromatic nitrogens is 1. The predicted molar refractivity (Wildman–Crippen MR) is 56.3 cm³/mol. The molecule has 2 rings (SSSR count). The molecule has 0 N–H and O–H groups in total. The quantitative estimate of drug-likeness (QED) is 0.553. The van der Waals surface area contributed by atoms with Crippen LogP contribution in [0.3, 0.4) is 0 Å². The van der Waals surface area contributed by atoms with E-state index in [1.807, 2.05) is 0 Å². The second kappa shape index (κ2) is 3.88. The molecule has 0 radical (unpaired) electrons. The van der Waals surface area contributed by atoms with Crippen LogP contribution in [-0.2, 0) is 0 Å². The second-order valence-electron chi connectivity index (χ2n) is 3.02. The molecule has 0 saturated carbocycles. The van der Waals surface area contributed by atoms with E-state index >= 15 is 0 Å². The molecular formula is C11H8N2O2. The number of nitro benzene ring substituents is 1. The van der Waals surface area contributed by atoms with Gasteiger partial charge in [0.05, 0.1) is 10.5 Å². The molecular weight excluding hydrogens is 192 g/mol. The van der Waals surface area contributed by atoms with Gasteiger partial charge in [-0.3, -0.25) is 15.1 Å². The van der Waals surface area contributed by atoms with Gasteiger partial charge in [-0.05, 0) is 12.1 Å². The number of pyridine rings is 1. The van der Waals surface area contributed by atoms with E-state index < -0.39 is 0 Å². The largest absolute Gasteiger partial charge is 0.277 e. The SMILES string of the molecule is O=[N+]([O-])c1ccccc1-c1cccnc1. The van der Waals surface area contributed by atoms with Gasteiger partial charge < -0.3 is 0 Å². The molecule has 0 atom stereocenters. The van der Waals surface area contributed by atoms with Gasteiger partial charge in [-0.15, -0.1) is 0 Å². The number of rotatable bonds is 2. The Morgan fingerprint density at radius 3 is 2.60 bits per heavy atom. The van der Waals surface area contributed by atoms with E-state index in [4.69, 9.17) is 0 Å². The molecule has 0 bridgehead atoms. The van der Waals surface area contributed by atoms with Crippen LogP contribution in [0.1, 0.15) is 0 Å². The lowest BCUT2D eigenvalue weighted by Gasteiger charge is -2.01. The van der Waals surface area contributed by atoms with Crippen molar-refractivity contribution in [2.45, 2.75) is 0 Å². The lowest BCUT2D eigenvalue weighted by atomic mass is 10.1. The summed E-state index contributed by atoms with van der Waals surface area (Å²) >= 11 is 0. The zero-order valence-electron chi connectivity index (χ0n) is 7.83. The van der Waals surface area contributed by atoms with Crippen molar-refractivity contribution in [3.05, 3.63) is 58.9 Å². The van der Waals surface area contributed by atoms with E-state index in [1.54, 1.807) is 42.7 Å². The average Bonchev–Trinajstić information content (AvgIpc) is 2.30. The van der Waals surface area contributed by atoms with Gasteiger partial charge in [0.1, 0.15) is 0 Å². The molecule has 1 aromatic carbocycles. The number of hydrogen-bond donors (Lipinski definition) is 0. The number of nitrogens with zero attached hydrogens (tertiary/aromatic N) is 2. The Kier molecular flexibility index (Phi) is 2.41. The molecule has 74 valence electrons. The highest BCUT2D eigenvalue weighted by molar-refractivity contribution is 5.72. The number of benzene rings is 1. The molecule has 0 spiro atoms. The van der Waals surface area contributed by atoms with Crippen LogP contribution in [0.5, 0.6) is 0 Å². The first kappa shape index (κ1) is 9.33. The summed E-state index contributed by atoms with van der Waals surface area (Å²) in [4.78, 5) is 14.3. The van der Waals surface area contributed by atoms with Crippen LogP contribution in [0, 0.1) is 10.1 Å². The molecule has 0 aliphatic carbocycles. The lowest BCUT2D eigenvalue weighted by Crippen LogP contribution is -1.91. The first-order chi connectivity index (χ1) is 7.29. The number of nitro groups is 1. The van der Waals surface area contributed by atoms with Gasteiger partial charge in [0, 0.05) is 24.0 Å². The molecule has 0 fully saturated rings. The maximum atomic E-state index is 10.8. The molecule has 1 heterocycles. The molecule has 0 aliphatic heterocycles. The minimum atomic E-state index is -0.387. The summed E-state index contributed by atoms with van der Waals surface area (Å²) in [7, 11) is 0. The standard InChI is InChI=1S/C11H8N2O2/c14-13(15)11-6-2-1-5-10(11)9-4-3-7-12-8-9/h1-8H. The lowest BCUT2D eigenvalue weighted by molar-refractivity contribution is -0.384. The smallest absolute Gasteiger partial charge is 0.264 e. The van der Waals surface area contributed by atoms with E-state index in [0.29, 0.717) is 5.56 Å². The van der Waals surface area contributed by atoms with Crippen LogP contribution >= 0.6 is 0 Å². The monoisotopic (exact) mass is 200 g/mol. The van der Waals surface area contributed by atoms with E-state index in [2.05, 4.69) is 4.98 Å². The van der Waals surface area contributed by atoms with Crippen LogP contribution in [0.15, 0.2) is 48.8 Å². The number of hydrogen-bond acceptors (Lipinski definition) is 3. The third-order valence-corrected chi connectivity index (χ3v) is 2.07. The van der Waals surface area contributed by atoms with E-state index in [-0.39, 0.29) is 10.6 Å². The molecule has 1 aromatic heterocycles. The fraction of sp³-hybridized carbons (Fsp3) is 0. The van der Waals surface area contributed by atoms with Gasteiger partial charge in [-0.2, -0.15) is 0 Å². The third kappa shape index (κ3) is 1.83. The van der Waals surface area contributed by atoms with Crippen molar-refractivity contribution < 1.29 is 4.92 Å². The minimum absolute atomic E-state index is 0.102. The van der Waals surface area contributed by atoms with Crippen LogP contribution in [0.4, 0.5) is 5.69 Å². The molecule has 0 aliphatic rings. The van der Waals surface area contributed by atoms with Crippen LogP contribution in [0.25, 0.3) is 11.1 Å². The number of para-hydroxylation sites is 1. The average molecular weight is 200 g/mol. The maximum absolute atomic E-state index is 10.8. The highest BCUT2D eigenvalue weighted by Crippen LogP contribution is 2.28. The Hall–Kier alpha value is -2.23. The summed E-state index contributed by atoms with van der Waals surface area (Å²) < 4.78 is 0. The second-order valence-corrected chi connectivity index (χ2v) is 3.02. The summed E-state index contributed by atoms with van der Waals surface area (Å²) in [6, 6.07) is 10.2. The van der Waals surface area contributed by atoms with Crippen molar-refractivity contribution >= 4 is 5.69 Å². The van der Waals surface area contributed by atoms with Crippen molar-refractivity contribution in [2.24, 2.45) is 0 Å². The Morgan fingerprint density at radius 2 is 1.93 bits per heavy atom. The Morgan fingerprint density at radius 1 is 1.13 bits per heavy atom. The predicted octanol–water partition coefficient (Wildman–Crippen LogP) is 2.66. The van der Waals surface area contributed by atoms with Gasteiger partial charge in [0.25, 0.3) is 5.69 Å². The molecule has 0 amide bonds. The van der Waals surface area contributed by atoms with Gasteiger partial charge >= 0.3 is 0 Å². The van der Waals surface area contributed by atoms with Crippen LogP contribution < -0.4 is 0 Å². The van der Waals surface area contributed by atoms with Crippen molar-refractivity contribution in [1.82, 2.24) is 4.98 Å². The van der Waals surface area contributed by atoms with E-state index in [9.17, 15) is 10.1 Å². The Labute approximate surface area is 86.4 Å².